The Morgan fingerprint density at radius 2 is 1.70 bits per heavy atom. The Morgan fingerprint density at radius 1 is 0.950 bits per heavy atom. The molecule has 2 aromatic rings. The van der Waals surface area contributed by atoms with Crippen molar-refractivity contribution in [3.8, 4) is 0 Å². The van der Waals surface area contributed by atoms with Gasteiger partial charge in [0.15, 0.2) is 5.82 Å². The minimum atomic E-state index is 0.748. The molecule has 1 aliphatic rings. The van der Waals surface area contributed by atoms with E-state index in [4.69, 9.17) is 0 Å². The first-order chi connectivity index (χ1) is 9.93. The highest BCUT2D eigenvalue weighted by molar-refractivity contribution is 5.92. The molecular weight excluding hydrogens is 248 g/mol. The number of hydrogen-bond acceptors (Lipinski definition) is 4. The van der Waals surface area contributed by atoms with Crippen molar-refractivity contribution in [2.24, 2.45) is 5.10 Å². The van der Waals surface area contributed by atoms with Crippen LogP contribution in [0, 0.1) is 0 Å². The number of hydrogen-bond donors (Lipinski definition) is 1. The zero-order valence-corrected chi connectivity index (χ0v) is 11.7. The highest BCUT2D eigenvalue weighted by atomic mass is 15.3. The monoisotopic (exact) mass is 268 g/mol. The second-order valence-electron chi connectivity index (χ2n) is 5.34. The second kappa shape index (κ2) is 6.46. The maximum Gasteiger partial charge on any atom is 0.176 e. The summed E-state index contributed by atoms with van der Waals surface area (Å²) in [6.07, 6.45) is 10.5. The van der Waals surface area contributed by atoms with Crippen molar-refractivity contribution < 1.29 is 0 Å². The van der Waals surface area contributed by atoms with Crippen molar-refractivity contribution in [2.75, 3.05) is 5.43 Å². The maximum atomic E-state index is 4.57. The molecule has 3 rings (SSSR count). The fraction of sp³-hybridized carbons (Fsp3) is 0.438. The summed E-state index contributed by atoms with van der Waals surface area (Å²) in [6.45, 7) is 0. The third-order valence-corrected chi connectivity index (χ3v) is 3.82. The molecule has 4 nitrogen and oxygen atoms in total. The zero-order valence-electron chi connectivity index (χ0n) is 11.7. The lowest BCUT2D eigenvalue weighted by Gasteiger charge is -2.11. The lowest BCUT2D eigenvalue weighted by molar-refractivity contribution is 0.606. The SMILES string of the molecule is c1ccc2c(NN=C3CCCCCCC3)nncc2c1. The van der Waals surface area contributed by atoms with Crippen molar-refractivity contribution >= 4 is 22.3 Å². The van der Waals surface area contributed by atoms with Crippen LogP contribution in [-0.4, -0.2) is 15.9 Å². The molecule has 20 heavy (non-hydrogen) atoms. The molecule has 0 saturated heterocycles. The number of hydrazone groups is 1. The van der Waals surface area contributed by atoms with Crippen molar-refractivity contribution in [2.45, 2.75) is 44.9 Å². The quantitative estimate of drug-likeness (QED) is 0.833. The van der Waals surface area contributed by atoms with E-state index in [-0.39, 0.29) is 0 Å². The van der Waals surface area contributed by atoms with Gasteiger partial charge in [0.1, 0.15) is 0 Å². The summed E-state index contributed by atoms with van der Waals surface area (Å²) in [6, 6.07) is 8.11. The Morgan fingerprint density at radius 3 is 2.55 bits per heavy atom. The first-order valence-electron chi connectivity index (χ1n) is 7.45. The molecule has 0 radical (unpaired) electrons. The zero-order chi connectivity index (χ0) is 13.6. The van der Waals surface area contributed by atoms with Crippen molar-refractivity contribution in [1.82, 2.24) is 10.2 Å². The van der Waals surface area contributed by atoms with Crippen LogP contribution in [0.5, 0.6) is 0 Å². The molecule has 1 saturated carbocycles. The predicted molar refractivity (Wildman–Crippen MR) is 82.9 cm³/mol. The normalized spacial score (nSPS) is 16.5. The summed E-state index contributed by atoms with van der Waals surface area (Å²) in [4.78, 5) is 0. The molecule has 1 aliphatic carbocycles. The summed E-state index contributed by atoms with van der Waals surface area (Å²) >= 11 is 0. The number of benzene rings is 1. The van der Waals surface area contributed by atoms with Gasteiger partial charge in [0.2, 0.25) is 0 Å². The number of aromatic nitrogens is 2. The average molecular weight is 268 g/mol. The van der Waals surface area contributed by atoms with E-state index in [9.17, 15) is 0 Å². The minimum Gasteiger partial charge on any atom is -0.259 e. The van der Waals surface area contributed by atoms with Crippen LogP contribution >= 0.6 is 0 Å². The maximum absolute atomic E-state index is 4.57. The molecule has 0 unspecified atom stereocenters. The molecule has 104 valence electrons. The van der Waals surface area contributed by atoms with E-state index in [0.29, 0.717) is 0 Å². The van der Waals surface area contributed by atoms with Crippen LogP contribution in [0.3, 0.4) is 0 Å². The molecule has 0 amide bonds. The number of rotatable bonds is 2. The smallest absolute Gasteiger partial charge is 0.176 e. The van der Waals surface area contributed by atoms with Crippen LogP contribution in [0.25, 0.3) is 10.8 Å². The molecule has 4 heteroatoms. The first-order valence-corrected chi connectivity index (χ1v) is 7.45. The number of anilines is 1. The highest BCUT2D eigenvalue weighted by Crippen LogP contribution is 2.20. The number of nitrogens with one attached hydrogen (secondary N) is 1. The summed E-state index contributed by atoms with van der Waals surface area (Å²) in [5.74, 6) is 0.748. The van der Waals surface area contributed by atoms with E-state index < -0.39 is 0 Å². The molecule has 1 aromatic heterocycles. The Labute approximate surface area is 119 Å². The fourth-order valence-electron chi connectivity index (χ4n) is 2.67. The molecule has 0 atom stereocenters. The van der Waals surface area contributed by atoms with Gasteiger partial charge < -0.3 is 0 Å². The Hall–Kier alpha value is -1.97. The van der Waals surface area contributed by atoms with Crippen molar-refractivity contribution in [1.29, 1.82) is 0 Å². The Balaban J connectivity index is 1.78. The molecule has 1 aromatic carbocycles. The van der Waals surface area contributed by atoms with Crippen LogP contribution in [0.2, 0.25) is 0 Å². The lowest BCUT2D eigenvalue weighted by Crippen LogP contribution is -2.06. The van der Waals surface area contributed by atoms with Gasteiger partial charge in [-0.1, -0.05) is 43.5 Å². The third-order valence-electron chi connectivity index (χ3n) is 3.82. The second-order valence-corrected chi connectivity index (χ2v) is 5.34. The first kappa shape index (κ1) is 13.0. The molecule has 0 aliphatic heterocycles. The fourth-order valence-corrected chi connectivity index (χ4v) is 2.67. The van der Waals surface area contributed by atoms with Gasteiger partial charge in [0.25, 0.3) is 0 Å². The van der Waals surface area contributed by atoms with E-state index in [1.54, 1.807) is 6.20 Å². The van der Waals surface area contributed by atoms with E-state index in [1.165, 1.54) is 37.8 Å². The van der Waals surface area contributed by atoms with Gasteiger partial charge >= 0.3 is 0 Å². The van der Waals surface area contributed by atoms with E-state index >= 15 is 0 Å². The van der Waals surface area contributed by atoms with Gasteiger partial charge in [-0.2, -0.15) is 10.2 Å². The topological polar surface area (TPSA) is 50.2 Å². The van der Waals surface area contributed by atoms with Crippen LogP contribution in [-0.2, 0) is 0 Å². The van der Waals surface area contributed by atoms with Crippen LogP contribution in [0.1, 0.15) is 44.9 Å². The van der Waals surface area contributed by atoms with E-state index in [2.05, 4.69) is 20.7 Å². The predicted octanol–water partition coefficient (Wildman–Crippen LogP) is 4.14. The van der Waals surface area contributed by atoms with Gasteiger partial charge in [0, 0.05) is 16.5 Å². The molecular formula is C16H20N4. The van der Waals surface area contributed by atoms with Gasteiger partial charge in [-0.3, -0.25) is 5.43 Å². The van der Waals surface area contributed by atoms with Gasteiger partial charge in [-0.05, 0) is 25.7 Å². The van der Waals surface area contributed by atoms with Crippen molar-refractivity contribution in [3.05, 3.63) is 30.5 Å². The molecule has 1 fully saturated rings. The third kappa shape index (κ3) is 3.13. The summed E-state index contributed by atoms with van der Waals surface area (Å²) < 4.78 is 0. The van der Waals surface area contributed by atoms with Crippen LogP contribution in [0.4, 0.5) is 5.82 Å². The minimum absolute atomic E-state index is 0.748. The summed E-state index contributed by atoms with van der Waals surface area (Å²) in [7, 11) is 0. The number of fused-ring (bicyclic) bond motifs is 1. The molecule has 1 N–H and O–H groups in total. The van der Waals surface area contributed by atoms with Crippen LogP contribution < -0.4 is 5.43 Å². The van der Waals surface area contributed by atoms with Gasteiger partial charge in [-0.25, -0.2) is 0 Å². The summed E-state index contributed by atoms with van der Waals surface area (Å²) in [5, 5.41) is 14.9. The summed E-state index contributed by atoms with van der Waals surface area (Å²) in [5.41, 5.74) is 4.38. The van der Waals surface area contributed by atoms with E-state index in [0.717, 1.165) is 29.4 Å². The highest BCUT2D eigenvalue weighted by Gasteiger charge is 2.06. The Kier molecular flexibility index (Phi) is 4.21. The standard InChI is InChI=1S/C16H20N4/c1-2-4-9-14(10-5-3-1)18-20-16-15-11-7-6-8-13(15)12-17-19-16/h6-8,11-12H,1-5,9-10H2,(H,19,20). The van der Waals surface area contributed by atoms with Crippen LogP contribution in [0.15, 0.2) is 35.6 Å². The molecule has 1 heterocycles. The van der Waals surface area contributed by atoms with Gasteiger partial charge in [0.05, 0.1) is 6.20 Å². The number of nitrogens with zero attached hydrogens (tertiary/aromatic N) is 3. The largest absolute Gasteiger partial charge is 0.259 e. The average Bonchev–Trinajstić information content (AvgIpc) is 2.46. The van der Waals surface area contributed by atoms with Gasteiger partial charge in [-0.15, -0.1) is 5.10 Å². The van der Waals surface area contributed by atoms with Crippen molar-refractivity contribution in [3.63, 3.8) is 0 Å². The van der Waals surface area contributed by atoms with E-state index in [1.807, 2.05) is 24.3 Å². The molecule has 0 spiro atoms. The lowest BCUT2D eigenvalue weighted by atomic mass is 9.99. The Bertz CT molecular complexity index is 591. The molecule has 0 bridgehead atoms.